The van der Waals surface area contributed by atoms with E-state index in [0.717, 1.165) is 21.7 Å². The number of nitro groups is 1. The molecule has 2 rings (SSSR count). The number of nitrogens with zero attached hydrogens (tertiary/aromatic N) is 3. The van der Waals surface area contributed by atoms with E-state index in [2.05, 4.69) is 10.5 Å². The summed E-state index contributed by atoms with van der Waals surface area (Å²) in [4.78, 5) is 22.4. The third-order valence-corrected chi connectivity index (χ3v) is 5.09. The van der Waals surface area contributed by atoms with Crippen LogP contribution in [-0.4, -0.2) is 38.3 Å². The summed E-state index contributed by atoms with van der Waals surface area (Å²) in [7, 11) is -3.69. The molecule has 1 amide bonds. The summed E-state index contributed by atoms with van der Waals surface area (Å²) in [5, 5.41) is 14.5. The molecule has 0 unspecified atom stereocenters. The van der Waals surface area contributed by atoms with E-state index in [9.17, 15) is 23.3 Å². The van der Waals surface area contributed by atoms with Crippen LogP contribution in [0, 0.1) is 24.0 Å². The second kappa shape index (κ2) is 8.61. The number of aryl methyl sites for hydroxylation is 2. The first kappa shape index (κ1) is 21.0. The first-order valence-electron chi connectivity index (χ1n) is 8.19. The molecule has 148 valence electrons. The molecule has 10 heteroatoms. The average Bonchev–Trinajstić information content (AvgIpc) is 2.61. The lowest BCUT2D eigenvalue weighted by atomic mass is 10.1. The molecular weight excluding hydrogens is 384 g/mol. The molecule has 0 aromatic heterocycles. The fraction of sp³-hybridized carbons (Fsp3) is 0.222. The highest BCUT2D eigenvalue weighted by molar-refractivity contribution is 7.92. The van der Waals surface area contributed by atoms with E-state index < -0.39 is 27.4 Å². The number of carbonyl (C=O) groups excluding carboxylic acids is 1. The van der Waals surface area contributed by atoms with Gasteiger partial charge in [0.25, 0.3) is 11.6 Å². The van der Waals surface area contributed by atoms with Gasteiger partial charge in [0.2, 0.25) is 10.0 Å². The number of rotatable bonds is 7. The van der Waals surface area contributed by atoms with Gasteiger partial charge in [-0.2, -0.15) is 5.10 Å². The van der Waals surface area contributed by atoms with Crippen LogP contribution in [0.4, 0.5) is 11.4 Å². The van der Waals surface area contributed by atoms with E-state index in [0.29, 0.717) is 11.3 Å². The summed E-state index contributed by atoms with van der Waals surface area (Å²) in [6, 6.07) is 10.8. The Kier molecular flexibility index (Phi) is 6.47. The number of non-ortho nitro benzene ring substituents is 1. The second-order valence-corrected chi connectivity index (χ2v) is 8.09. The monoisotopic (exact) mass is 404 g/mol. The lowest BCUT2D eigenvalue weighted by Crippen LogP contribution is -2.39. The molecule has 0 aliphatic heterocycles. The summed E-state index contributed by atoms with van der Waals surface area (Å²) >= 11 is 0. The second-order valence-electron chi connectivity index (χ2n) is 6.18. The van der Waals surface area contributed by atoms with Crippen molar-refractivity contribution in [3.05, 3.63) is 69.3 Å². The molecule has 28 heavy (non-hydrogen) atoms. The maximum absolute atomic E-state index is 12.2. The van der Waals surface area contributed by atoms with Crippen molar-refractivity contribution in [3.63, 3.8) is 0 Å². The number of hydrogen-bond acceptors (Lipinski definition) is 6. The Morgan fingerprint density at radius 3 is 2.54 bits per heavy atom. The van der Waals surface area contributed by atoms with Gasteiger partial charge < -0.3 is 0 Å². The number of anilines is 1. The number of hydrogen-bond donors (Lipinski definition) is 1. The van der Waals surface area contributed by atoms with E-state index >= 15 is 0 Å². The minimum absolute atomic E-state index is 0.103. The largest absolute Gasteiger partial charge is 0.271 e. The Balaban J connectivity index is 2.11. The van der Waals surface area contributed by atoms with Gasteiger partial charge in [-0.15, -0.1) is 0 Å². The summed E-state index contributed by atoms with van der Waals surface area (Å²) in [5.41, 5.74) is 4.83. The predicted molar refractivity (Wildman–Crippen MR) is 107 cm³/mol. The molecule has 2 aromatic rings. The van der Waals surface area contributed by atoms with Crippen LogP contribution in [0.25, 0.3) is 0 Å². The van der Waals surface area contributed by atoms with Crippen LogP contribution in [0.1, 0.15) is 16.7 Å². The van der Waals surface area contributed by atoms with Crippen molar-refractivity contribution >= 4 is 33.5 Å². The highest BCUT2D eigenvalue weighted by Gasteiger charge is 2.21. The van der Waals surface area contributed by atoms with Crippen molar-refractivity contribution in [1.29, 1.82) is 0 Å². The van der Waals surface area contributed by atoms with Crippen LogP contribution in [0.5, 0.6) is 0 Å². The van der Waals surface area contributed by atoms with E-state index in [1.165, 1.54) is 24.4 Å². The van der Waals surface area contributed by atoms with Crippen molar-refractivity contribution in [2.45, 2.75) is 13.8 Å². The van der Waals surface area contributed by atoms with Crippen molar-refractivity contribution < 1.29 is 18.1 Å². The molecule has 0 saturated carbocycles. The first-order valence-corrected chi connectivity index (χ1v) is 10.0. The number of sulfonamides is 1. The van der Waals surface area contributed by atoms with E-state index in [4.69, 9.17) is 0 Å². The zero-order chi connectivity index (χ0) is 20.9. The Morgan fingerprint density at radius 1 is 1.21 bits per heavy atom. The number of nitrogens with one attached hydrogen (secondary N) is 1. The Bertz CT molecular complexity index is 1030. The van der Waals surface area contributed by atoms with Crippen LogP contribution >= 0.6 is 0 Å². The molecule has 1 N–H and O–H groups in total. The minimum atomic E-state index is -3.69. The van der Waals surface area contributed by atoms with E-state index in [1.807, 2.05) is 13.8 Å². The molecule has 0 radical (unpaired) electrons. The summed E-state index contributed by atoms with van der Waals surface area (Å²) in [6.07, 6.45) is 2.26. The van der Waals surface area contributed by atoms with Gasteiger partial charge in [0.05, 0.1) is 23.1 Å². The number of amides is 1. The van der Waals surface area contributed by atoms with Gasteiger partial charge in [-0.3, -0.25) is 19.2 Å². The van der Waals surface area contributed by atoms with Gasteiger partial charge in [0.1, 0.15) is 6.54 Å². The van der Waals surface area contributed by atoms with Gasteiger partial charge in [-0.25, -0.2) is 13.8 Å². The Labute approximate surface area is 162 Å². The van der Waals surface area contributed by atoms with Crippen molar-refractivity contribution in [3.8, 4) is 0 Å². The quantitative estimate of drug-likeness (QED) is 0.430. The zero-order valence-corrected chi connectivity index (χ0v) is 16.4. The molecule has 9 nitrogen and oxygen atoms in total. The van der Waals surface area contributed by atoms with Gasteiger partial charge >= 0.3 is 0 Å². The number of carbonyl (C=O) groups is 1. The molecule has 0 aliphatic carbocycles. The third kappa shape index (κ3) is 5.61. The first-order chi connectivity index (χ1) is 13.1. The Morgan fingerprint density at radius 2 is 1.93 bits per heavy atom. The lowest BCUT2D eigenvalue weighted by Gasteiger charge is -2.22. The molecule has 0 saturated heterocycles. The minimum Gasteiger partial charge on any atom is -0.271 e. The number of hydrazone groups is 1. The number of nitro benzene ring substituents is 1. The summed E-state index contributed by atoms with van der Waals surface area (Å²) < 4.78 is 25.2. The Hall–Kier alpha value is -3.27. The summed E-state index contributed by atoms with van der Waals surface area (Å²) in [6.45, 7) is 3.30. The molecule has 0 fully saturated rings. The van der Waals surface area contributed by atoms with Crippen molar-refractivity contribution in [2.24, 2.45) is 5.10 Å². The fourth-order valence-electron chi connectivity index (χ4n) is 2.34. The van der Waals surface area contributed by atoms with Gasteiger partial charge in [-0.1, -0.05) is 18.2 Å². The highest BCUT2D eigenvalue weighted by atomic mass is 32.2. The predicted octanol–water partition coefficient (Wildman–Crippen LogP) is 2.13. The molecule has 0 aliphatic rings. The normalized spacial score (nSPS) is 11.4. The van der Waals surface area contributed by atoms with Crippen molar-refractivity contribution in [1.82, 2.24) is 5.43 Å². The van der Waals surface area contributed by atoms with Gasteiger partial charge in [0.15, 0.2) is 0 Å². The van der Waals surface area contributed by atoms with E-state index in [1.54, 1.807) is 24.3 Å². The van der Waals surface area contributed by atoms with Crippen LogP contribution in [-0.2, 0) is 14.8 Å². The van der Waals surface area contributed by atoms with Gasteiger partial charge in [-0.05, 0) is 37.1 Å². The van der Waals surface area contributed by atoms with Crippen LogP contribution < -0.4 is 9.73 Å². The topological polar surface area (TPSA) is 122 Å². The molecule has 0 atom stereocenters. The number of benzene rings is 2. The van der Waals surface area contributed by atoms with Crippen molar-refractivity contribution in [2.75, 3.05) is 17.1 Å². The molecule has 0 spiro atoms. The maximum Gasteiger partial charge on any atom is 0.270 e. The standard InChI is InChI=1S/C18H20N4O5S/c1-13-7-8-16(9-14(13)2)21(28(3,26)27)12-18(23)20-19-11-15-5-4-6-17(10-15)22(24)25/h4-11H,12H2,1-3H3,(H,20,23)/b19-11-. The average molecular weight is 404 g/mol. The highest BCUT2D eigenvalue weighted by Crippen LogP contribution is 2.21. The smallest absolute Gasteiger partial charge is 0.270 e. The zero-order valence-electron chi connectivity index (χ0n) is 15.6. The van der Waals surface area contributed by atoms with E-state index in [-0.39, 0.29) is 5.69 Å². The molecule has 0 heterocycles. The SMILES string of the molecule is Cc1ccc(N(CC(=O)N/N=C\c2cccc([N+](=O)[O-])c2)S(C)(=O)=O)cc1C. The molecule has 0 bridgehead atoms. The molecular formula is C18H20N4O5S. The maximum atomic E-state index is 12.2. The van der Waals surface area contributed by atoms with Gasteiger partial charge in [0, 0.05) is 17.7 Å². The molecule has 2 aromatic carbocycles. The third-order valence-electron chi connectivity index (χ3n) is 3.95. The van der Waals surface area contributed by atoms with Crippen LogP contribution in [0.15, 0.2) is 47.6 Å². The van der Waals surface area contributed by atoms with Crippen LogP contribution in [0.3, 0.4) is 0 Å². The fourth-order valence-corrected chi connectivity index (χ4v) is 3.19. The summed E-state index contributed by atoms with van der Waals surface area (Å²) in [5.74, 6) is -0.648. The lowest BCUT2D eigenvalue weighted by molar-refractivity contribution is -0.384. The van der Waals surface area contributed by atoms with Crippen LogP contribution in [0.2, 0.25) is 0 Å².